The first-order valence-electron chi connectivity index (χ1n) is 4.71. The standard InChI is InChI=1S/C9H19NO2S2/c1-7(2)14-6-5-13-4-3-8(10)9(11)12/h7-8H,3-6,10H2,1-2H3,(H,11,12). The lowest BCUT2D eigenvalue weighted by Gasteiger charge is -2.06. The Morgan fingerprint density at radius 3 is 2.50 bits per heavy atom. The molecule has 3 N–H and O–H groups in total. The van der Waals surface area contributed by atoms with Gasteiger partial charge in [-0.05, 0) is 17.4 Å². The monoisotopic (exact) mass is 237 g/mol. The Balaban J connectivity index is 3.17. The van der Waals surface area contributed by atoms with Gasteiger partial charge in [0.15, 0.2) is 0 Å². The third kappa shape index (κ3) is 8.72. The van der Waals surface area contributed by atoms with E-state index >= 15 is 0 Å². The smallest absolute Gasteiger partial charge is 0.320 e. The third-order valence-electron chi connectivity index (χ3n) is 1.57. The Morgan fingerprint density at radius 2 is 2.00 bits per heavy atom. The summed E-state index contributed by atoms with van der Waals surface area (Å²) in [6, 6.07) is -0.694. The molecule has 0 aliphatic rings. The topological polar surface area (TPSA) is 63.3 Å². The van der Waals surface area contributed by atoms with Crippen LogP contribution in [0.25, 0.3) is 0 Å². The van der Waals surface area contributed by atoms with Crippen LogP contribution in [0.15, 0.2) is 0 Å². The zero-order valence-corrected chi connectivity index (χ0v) is 10.4. The molecule has 0 aromatic carbocycles. The highest BCUT2D eigenvalue weighted by molar-refractivity contribution is 8.03. The minimum atomic E-state index is -0.901. The normalized spacial score (nSPS) is 13.1. The minimum absolute atomic E-state index is 0.562. The Morgan fingerprint density at radius 1 is 1.36 bits per heavy atom. The summed E-state index contributed by atoms with van der Waals surface area (Å²) in [4.78, 5) is 10.4. The molecule has 0 aromatic rings. The number of hydrogen-bond donors (Lipinski definition) is 2. The molecule has 0 rings (SSSR count). The van der Waals surface area contributed by atoms with Gasteiger partial charge < -0.3 is 10.8 Å². The highest BCUT2D eigenvalue weighted by Gasteiger charge is 2.09. The number of rotatable bonds is 8. The fraction of sp³-hybridized carbons (Fsp3) is 0.889. The molecule has 84 valence electrons. The van der Waals surface area contributed by atoms with Gasteiger partial charge in [-0.15, -0.1) is 0 Å². The number of nitrogens with two attached hydrogens (primary N) is 1. The average Bonchev–Trinajstić information content (AvgIpc) is 2.09. The lowest BCUT2D eigenvalue weighted by molar-refractivity contribution is -0.138. The fourth-order valence-electron chi connectivity index (χ4n) is 0.779. The zero-order chi connectivity index (χ0) is 11.0. The van der Waals surface area contributed by atoms with Crippen molar-refractivity contribution in [3.63, 3.8) is 0 Å². The molecule has 0 spiro atoms. The molecular formula is C9H19NO2S2. The lowest BCUT2D eigenvalue weighted by Crippen LogP contribution is -2.30. The van der Waals surface area contributed by atoms with Crippen molar-refractivity contribution in [2.45, 2.75) is 31.6 Å². The summed E-state index contributed by atoms with van der Waals surface area (Å²) in [5, 5.41) is 9.20. The molecule has 0 saturated heterocycles. The van der Waals surface area contributed by atoms with Crippen molar-refractivity contribution in [3.05, 3.63) is 0 Å². The van der Waals surface area contributed by atoms with Crippen molar-refractivity contribution in [1.29, 1.82) is 0 Å². The molecule has 5 heteroatoms. The van der Waals surface area contributed by atoms with E-state index in [-0.39, 0.29) is 0 Å². The lowest BCUT2D eigenvalue weighted by atomic mass is 10.2. The third-order valence-corrected chi connectivity index (χ3v) is 3.95. The summed E-state index contributed by atoms with van der Waals surface area (Å²) in [5.41, 5.74) is 5.36. The van der Waals surface area contributed by atoms with Crippen molar-refractivity contribution in [3.8, 4) is 0 Å². The molecule has 0 saturated carbocycles. The predicted molar refractivity (Wildman–Crippen MR) is 65.1 cm³/mol. The minimum Gasteiger partial charge on any atom is -0.480 e. The molecule has 0 bridgehead atoms. The van der Waals surface area contributed by atoms with E-state index in [1.807, 2.05) is 11.8 Å². The van der Waals surface area contributed by atoms with E-state index in [4.69, 9.17) is 10.8 Å². The van der Waals surface area contributed by atoms with Crippen LogP contribution in [0, 0.1) is 0 Å². The second-order valence-electron chi connectivity index (χ2n) is 3.27. The molecule has 0 heterocycles. The first-order valence-corrected chi connectivity index (χ1v) is 6.92. The summed E-state index contributed by atoms with van der Waals surface area (Å²) in [7, 11) is 0. The van der Waals surface area contributed by atoms with Crippen LogP contribution in [0.2, 0.25) is 0 Å². The quantitative estimate of drug-likeness (QED) is 0.629. The molecule has 0 aliphatic carbocycles. The van der Waals surface area contributed by atoms with Crippen LogP contribution >= 0.6 is 23.5 Å². The van der Waals surface area contributed by atoms with Gasteiger partial charge in [0.2, 0.25) is 0 Å². The number of carbonyl (C=O) groups is 1. The molecule has 0 fully saturated rings. The van der Waals surface area contributed by atoms with Crippen LogP contribution in [0.5, 0.6) is 0 Å². The van der Waals surface area contributed by atoms with E-state index in [0.717, 1.165) is 17.3 Å². The summed E-state index contributed by atoms with van der Waals surface area (Å²) in [5.74, 6) is 2.15. The number of aliphatic carboxylic acids is 1. The Hall–Kier alpha value is 0.130. The van der Waals surface area contributed by atoms with E-state index in [1.54, 1.807) is 11.8 Å². The summed E-state index contributed by atoms with van der Waals surface area (Å²) < 4.78 is 0. The molecule has 3 nitrogen and oxygen atoms in total. The second-order valence-corrected chi connectivity index (χ2v) is 6.17. The van der Waals surface area contributed by atoms with Crippen LogP contribution in [0.4, 0.5) is 0 Å². The fourth-order valence-corrected chi connectivity index (χ4v) is 2.73. The van der Waals surface area contributed by atoms with Crippen molar-refractivity contribution >= 4 is 29.5 Å². The number of carboxylic acids is 1. The molecule has 0 aliphatic heterocycles. The van der Waals surface area contributed by atoms with E-state index in [9.17, 15) is 4.79 Å². The Kier molecular flexibility index (Phi) is 8.52. The SMILES string of the molecule is CC(C)SCCSCCC(N)C(=O)O. The Labute approximate surface area is 94.2 Å². The second kappa shape index (κ2) is 8.44. The maximum Gasteiger partial charge on any atom is 0.320 e. The first kappa shape index (κ1) is 14.1. The van der Waals surface area contributed by atoms with Crippen molar-refractivity contribution in [1.82, 2.24) is 0 Å². The molecule has 0 radical (unpaired) electrons. The van der Waals surface area contributed by atoms with Crippen LogP contribution in [-0.2, 0) is 4.79 Å². The van der Waals surface area contributed by atoms with Crippen molar-refractivity contribution in [2.75, 3.05) is 17.3 Å². The van der Waals surface area contributed by atoms with E-state index < -0.39 is 12.0 Å². The highest BCUT2D eigenvalue weighted by Crippen LogP contribution is 2.13. The van der Waals surface area contributed by atoms with Crippen LogP contribution < -0.4 is 5.73 Å². The van der Waals surface area contributed by atoms with Gasteiger partial charge in [-0.1, -0.05) is 13.8 Å². The summed E-state index contributed by atoms with van der Waals surface area (Å²) in [6.45, 7) is 4.35. The van der Waals surface area contributed by atoms with Crippen LogP contribution in [-0.4, -0.2) is 39.6 Å². The highest BCUT2D eigenvalue weighted by atomic mass is 32.2. The maximum atomic E-state index is 10.4. The van der Waals surface area contributed by atoms with Gasteiger partial charge in [-0.2, -0.15) is 23.5 Å². The molecule has 0 amide bonds. The van der Waals surface area contributed by atoms with Gasteiger partial charge in [-0.3, -0.25) is 4.79 Å². The first-order chi connectivity index (χ1) is 6.54. The molecule has 1 unspecified atom stereocenters. The molecular weight excluding hydrogens is 218 g/mol. The van der Waals surface area contributed by atoms with Crippen molar-refractivity contribution in [2.24, 2.45) is 5.73 Å². The largest absolute Gasteiger partial charge is 0.480 e. The molecule has 0 aromatic heterocycles. The number of thioether (sulfide) groups is 2. The zero-order valence-electron chi connectivity index (χ0n) is 8.73. The van der Waals surface area contributed by atoms with Crippen LogP contribution in [0.1, 0.15) is 20.3 Å². The maximum absolute atomic E-state index is 10.4. The number of carboxylic acid groups (broad SMARTS) is 1. The number of hydrogen-bond acceptors (Lipinski definition) is 4. The van der Waals surface area contributed by atoms with Gasteiger partial charge in [-0.25, -0.2) is 0 Å². The molecule has 1 atom stereocenters. The van der Waals surface area contributed by atoms with Crippen molar-refractivity contribution < 1.29 is 9.90 Å². The van der Waals surface area contributed by atoms with E-state index in [2.05, 4.69) is 13.8 Å². The summed E-state index contributed by atoms with van der Waals surface area (Å²) in [6.07, 6.45) is 0.562. The predicted octanol–water partition coefficient (Wildman–Crippen LogP) is 1.66. The van der Waals surface area contributed by atoms with Gasteiger partial charge in [0.05, 0.1) is 0 Å². The van der Waals surface area contributed by atoms with E-state index in [1.165, 1.54) is 0 Å². The van der Waals surface area contributed by atoms with Gasteiger partial charge in [0.1, 0.15) is 6.04 Å². The Bertz CT molecular complexity index is 165. The van der Waals surface area contributed by atoms with Gasteiger partial charge in [0, 0.05) is 11.5 Å². The molecule has 14 heavy (non-hydrogen) atoms. The van der Waals surface area contributed by atoms with E-state index in [0.29, 0.717) is 11.7 Å². The summed E-state index contributed by atoms with van der Waals surface area (Å²) >= 11 is 3.70. The van der Waals surface area contributed by atoms with Gasteiger partial charge >= 0.3 is 5.97 Å². The van der Waals surface area contributed by atoms with Gasteiger partial charge in [0.25, 0.3) is 0 Å². The average molecular weight is 237 g/mol. The van der Waals surface area contributed by atoms with Crippen LogP contribution in [0.3, 0.4) is 0 Å².